The molecule has 0 radical (unpaired) electrons. The lowest BCUT2D eigenvalue weighted by molar-refractivity contribution is -0.192. The molecule has 194 valence electrons. The molecule has 2 aliphatic heterocycles. The van der Waals surface area contributed by atoms with Crippen LogP contribution in [0.5, 0.6) is 5.75 Å². The number of alkyl halides is 3. The predicted molar refractivity (Wildman–Crippen MR) is 119 cm³/mol. The molecule has 1 N–H and O–H groups in total. The van der Waals surface area contributed by atoms with Crippen LogP contribution in [0.15, 0.2) is 29.2 Å². The molecule has 2 heterocycles. The van der Waals surface area contributed by atoms with Crippen LogP contribution < -0.4 is 4.74 Å². The van der Waals surface area contributed by atoms with Gasteiger partial charge in [0.05, 0.1) is 12.6 Å². The largest absolute Gasteiger partial charge is 0.490 e. The molecular formula is C22H33F3N2O6S. The van der Waals surface area contributed by atoms with Gasteiger partial charge in [0.1, 0.15) is 16.7 Å². The average molecular weight is 511 g/mol. The number of nitrogens with zero attached hydrogens (tertiary/aromatic N) is 2. The molecule has 2 atom stereocenters. The fourth-order valence-electron chi connectivity index (χ4n) is 3.96. The Bertz CT molecular complexity index is 910. The minimum Gasteiger partial charge on any atom is -0.487 e. The topological polar surface area (TPSA) is 96.4 Å². The third-order valence-corrected chi connectivity index (χ3v) is 7.46. The van der Waals surface area contributed by atoms with Gasteiger partial charge in [0.2, 0.25) is 10.0 Å². The first-order valence-electron chi connectivity index (χ1n) is 11.3. The number of para-hydroxylation sites is 1. The molecule has 3 rings (SSSR count). The lowest BCUT2D eigenvalue weighted by atomic mass is 10.0. The minimum atomic E-state index is -5.08. The Hall–Kier alpha value is -1.89. The summed E-state index contributed by atoms with van der Waals surface area (Å²) in [6.07, 6.45) is -3.62. The Morgan fingerprint density at radius 1 is 1.24 bits per heavy atom. The number of carboxylic acids is 1. The number of hydrogen-bond acceptors (Lipinski definition) is 6. The maximum absolute atomic E-state index is 13.4. The van der Waals surface area contributed by atoms with Crippen LogP contribution in [0.3, 0.4) is 0 Å². The summed E-state index contributed by atoms with van der Waals surface area (Å²) in [5.41, 5.74) is 0. The molecule has 0 saturated carbocycles. The van der Waals surface area contributed by atoms with Gasteiger partial charge in [-0.05, 0) is 44.4 Å². The summed E-state index contributed by atoms with van der Waals surface area (Å²) >= 11 is 0. The van der Waals surface area contributed by atoms with E-state index in [0.717, 1.165) is 39.1 Å². The van der Waals surface area contributed by atoms with Crippen LogP contribution in [0.2, 0.25) is 0 Å². The number of likely N-dealkylation sites (tertiary alicyclic amines) is 1. The molecule has 0 unspecified atom stereocenters. The van der Waals surface area contributed by atoms with E-state index in [4.69, 9.17) is 19.4 Å². The van der Waals surface area contributed by atoms with Gasteiger partial charge < -0.3 is 19.5 Å². The minimum absolute atomic E-state index is 0.126. The zero-order chi connectivity index (χ0) is 25.5. The van der Waals surface area contributed by atoms with Crippen molar-refractivity contribution in [3.8, 4) is 5.75 Å². The normalized spacial score (nSPS) is 22.9. The Morgan fingerprint density at radius 2 is 1.85 bits per heavy atom. The van der Waals surface area contributed by atoms with Gasteiger partial charge in [-0.25, -0.2) is 13.2 Å². The van der Waals surface area contributed by atoms with Crippen molar-refractivity contribution in [3.63, 3.8) is 0 Å². The summed E-state index contributed by atoms with van der Waals surface area (Å²) in [5.74, 6) is -2.02. The molecule has 0 bridgehead atoms. The van der Waals surface area contributed by atoms with Crippen molar-refractivity contribution in [1.29, 1.82) is 0 Å². The SMILES string of the molecule is CCOCCN1CC[C@@H]2Oc3ccccc3S(=O)(=O)N(CC(C)C)[C@H]2CC1.O=C(O)C(F)(F)F. The highest BCUT2D eigenvalue weighted by atomic mass is 32.2. The van der Waals surface area contributed by atoms with Crippen molar-refractivity contribution in [2.24, 2.45) is 5.92 Å². The molecule has 1 fully saturated rings. The second-order valence-corrected chi connectivity index (χ2v) is 10.4. The Kier molecular flexibility index (Phi) is 10.2. The molecule has 0 aromatic heterocycles. The fourth-order valence-corrected chi connectivity index (χ4v) is 5.93. The molecule has 1 saturated heterocycles. The van der Waals surface area contributed by atoms with Crippen LogP contribution in [0.25, 0.3) is 0 Å². The van der Waals surface area contributed by atoms with E-state index in [1.54, 1.807) is 22.5 Å². The lowest BCUT2D eigenvalue weighted by Gasteiger charge is -2.32. The zero-order valence-corrected chi connectivity index (χ0v) is 20.4. The third-order valence-electron chi connectivity index (χ3n) is 5.53. The quantitative estimate of drug-likeness (QED) is 0.587. The lowest BCUT2D eigenvalue weighted by Crippen LogP contribution is -2.48. The van der Waals surface area contributed by atoms with E-state index in [9.17, 15) is 21.6 Å². The van der Waals surface area contributed by atoms with Crippen molar-refractivity contribution < 1.29 is 41.0 Å². The monoisotopic (exact) mass is 510 g/mol. The van der Waals surface area contributed by atoms with Crippen molar-refractivity contribution >= 4 is 16.0 Å². The summed E-state index contributed by atoms with van der Waals surface area (Å²) < 4.78 is 72.1. The van der Waals surface area contributed by atoms with Crippen molar-refractivity contribution in [2.75, 3.05) is 39.4 Å². The first kappa shape index (κ1) is 28.3. The van der Waals surface area contributed by atoms with E-state index >= 15 is 0 Å². The van der Waals surface area contributed by atoms with Crippen LogP contribution in [-0.2, 0) is 19.6 Å². The predicted octanol–water partition coefficient (Wildman–Crippen LogP) is 3.23. The van der Waals surface area contributed by atoms with Crippen molar-refractivity contribution in [2.45, 2.75) is 56.8 Å². The molecule has 0 amide bonds. The molecule has 34 heavy (non-hydrogen) atoms. The van der Waals surface area contributed by atoms with Crippen molar-refractivity contribution in [1.82, 2.24) is 9.21 Å². The van der Waals surface area contributed by atoms with Gasteiger partial charge >= 0.3 is 12.1 Å². The number of carboxylic acid groups (broad SMARTS) is 1. The summed E-state index contributed by atoms with van der Waals surface area (Å²) in [6, 6.07) is 6.91. The number of carbonyl (C=O) groups is 1. The molecule has 0 spiro atoms. The first-order chi connectivity index (χ1) is 15.9. The number of hydrogen-bond donors (Lipinski definition) is 1. The summed E-state index contributed by atoms with van der Waals surface area (Å²) in [7, 11) is -3.57. The second kappa shape index (κ2) is 12.2. The number of fused-ring (bicyclic) bond motifs is 2. The summed E-state index contributed by atoms with van der Waals surface area (Å²) in [6.45, 7) is 10.7. The number of sulfonamides is 1. The third kappa shape index (κ3) is 7.56. The Morgan fingerprint density at radius 3 is 2.44 bits per heavy atom. The molecule has 8 nitrogen and oxygen atoms in total. The van der Waals surface area contributed by atoms with E-state index in [2.05, 4.69) is 18.7 Å². The molecule has 2 aliphatic rings. The van der Waals surface area contributed by atoms with E-state index in [1.807, 2.05) is 13.0 Å². The molecule has 1 aromatic carbocycles. The van der Waals surface area contributed by atoms with E-state index in [-0.39, 0.29) is 18.1 Å². The summed E-state index contributed by atoms with van der Waals surface area (Å²) in [5, 5.41) is 7.12. The number of benzene rings is 1. The van der Waals surface area contributed by atoms with Crippen LogP contribution in [0.1, 0.15) is 33.6 Å². The van der Waals surface area contributed by atoms with Crippen LogP contribution in [0, 0.1) is 5.92 Å². The van der Waals surface area contributed by atoms with E-state index in [0.29, 0.717) is 23.8 Å². The molecule has 12 heteroatoms. The van der Waals surface area contributed by atoms with Gasteiger partial charge in [0.25, 0.3) is 0 Å². The fraction of sp³-hybridized carbons (Fsp3) is 0.682. The highest BCUT2D eigenvalue weighted by Gasteiger charge is 2.43. The molecular weight excluding hydrogens is 477 g/mol. The second-order valence-electron chi connectivity index (χ2n) is 8.56. The standard InChI is InChI=1S/C20H32N2O4S.C2HF3O2/c1-4-25-14-13-21-11-9-17-18(10-12-21)26-19-7-5-6-8-20(19)27(23,24)22(17)15-16(2)3;3-2(4,5)1(6)7/h5-8,16-18H,4,9-15H2,1-3H3;(H,6,7)/t17-,18-;/m0./s1. The Labute approximate surface area is 198 Å². The molecule has 1 aromatic rings. The number of rotatable bonds is 6. The average Bonchev–Trinajstić information content (AvgIpc) is 2.98. The smallest absolute Gasteiger partial charge is 0.487 e. The van der Waals surface area contributed by atoms with Gasteiger partial charge in [-0.3, -0.25) is 0 Å². The van der Waals surface area contributed by atoms with Crippen molar-refractivity contribution in [3.05, 3.63) is 24.3 Å². The zero-order valence-electron chi connectivity index (χ0n) is 19.6. The number of aliphatic carboxylic acids is 1. The maximum atomic E-state index is 13.4. The van der Waals surface area contributed by atoms with Gasteiger partial charge in [-0.1, -0.05) is 26.0 Å². The summed E-state index contributed by atoms with van der Waals surface area (Å²) in [4.78, 5) is 11.6. The number of ether oxygens (including phenoxy) is 2. The van der Waals surface area contributed by atoms with Crippen LogP contribution >= 0.6 is 0 Å². The van der Waals surface area contributed by atoms with Gasteiger partial charge in [-0.15, -0.1) is 0 Å². The van der Waals surface area contributed by atoms with E-state index in [1.165, 1.54) is 0 Å². The van der Waals surface area contributed by atoms with Gasteiger partial charge in [-0.2, -0.15) is 17.5 Å². The molecule has 0 aliphatic carbocycles. The van der Waals surface area contributed by atoms with Gasteiger partial charge in [0, 0.05) is 26.2 Å². The van der Waals surface area contributed by atoms with Crippen LogP contribution in [0.4, 0.5) is 13.2 Å². The van der Waals surface area contributed by atoms with E-state index < -0.39 is 22.2 Å². The number of halogens is 3. The highest BCUT2D eigenvalue weighted by Crippen LogP contribution is 2.36. The van der Waals surface area contributed by atoms with Crippen LogP contribution in [-0.4, -0.2) is 86.4 Å². The maximum Gasteiger partial charge on any atom is 0.490 e. The van der Waals surface area contributed by atoms with Gasteiger partial charge in [0.15, 0.2) is 0 Å². The first-order valence-corrected chi connectivity index (χ1v) is 12.7. The highest BCUT2D eigenvalue weighted by molar-refractivity contribution is 7.89. The Balaban J connectivity index is 0.000000509.